The molecule has 0 spiro atoms. The molecule has 0 aromatic carbocycles. The molecule has 0 aromatic heterocycles. The molecule has 0 bridgehead atoms. The van der Waals surface area contributed by atoms with Crippen molar-refractivity contribution in [3.05, 3.63) is 0 Å². The van der Waals surface area contributed by atoms with Gasteiger partial charge in [-0.1, -0.05) is 20.8 Å². The van der Waals surface area contributed by atoms with Crippen LogP contribution in [0.3, 0.4) is 0 Å². The topological polar surface area (TPSA) is 32.8 Å². The molecule has 4 heteroatoms. The van der Waals surface area contributed by atoms with Crippen molar-refractivity contribution in [2.24, 2.45) is 0 Å². The summed E-state index contributed by atoms with van der Waals surface area (Å²) in [7, 11) is 0. The summed E-state index contributed by atoms with van der Waals surface area (Å²) < 4.78 is 5.27. The summed E-state index contributed by atoms with van der Waals surface area (Å²) in [4.78, 5) is 15.6. The highest BCUT2D eigenvalue weighted by atomic mass is 16.5. The number of carbonyl (C=O) groups excluding carboxylic acids is 1. The zero-order chi connectivity index (χ0) is 13.8. The van der Waals surface area contributed by atoms with Crippen molar-refractivity contribution in [1.29, 1.82) is 0 Å². The Morgan fingerprint density at radius 1 is 1.06 bits per heavy atom. The molecule has 0 aromatic rings. The summed E-state index contributed by atoms with van der Waals surface area (Å²) in [6.07, 6.45) is 1.24. The first-order valence-corrected chi connectivity index (χ1v) is 7.24. The molecule has 0 saturated carbocycles. The lowest BCUT2D eigenvalue weighted by Gasteiger charge is -2.34. The van der Waals surface area contributed by atoms with E-state index in [9.17, 15) is 4.79 Å². The van der Waals surface area contributed by atoms with Gasteiger partial charge in [0, 0.05) is 32.7 Å². The lowest BCUT2D eigenvalue weighted by Crippen LogP contribution is -2.47. The van der Waals surface area contributed by atoms with Gasteiger partial charge in [0.05, 0.1) is 6.61 Å². The van der Waals surface area contributed by atoms with Crippen molar-refractivity contribution in [2.75, 3.05) is 52.5 Å². The fourth-order valence-corrected chi connectivity index (χ4v) is 1.96. The Morgan fingerprint density at radius 2 is 1.56 bits per heavy atom. The molecular formula is C14H30N2O2. The third-order valence-corrected chi connectivity index (χ3v) is 2.86. The molecule has 1 aliphatic rings. The lowest BCUT2D eigenvalue weighted by atomic mass is 10.3. The van der Waals surface area contributed by atoms with E-state index >= 15 is 0 Å². The number of rotatable bonds is 7. The summed E-state index contributed by atoms with van der Waals surface area (Å²) in [5.41, 5.74) is 0. The second-order valence-electron chi connectivity index (χ2n) is 4.44. The third kappa shape index (κ3) is 8.61. The molecule has 108 valence electrons. The third-order valence-electron chi connectivity index (χ3n) is 2.86. The van der Waals surface area contributed by atoms with Gasteiger partial charge in [-0.05, 0) is 19.9 Å². The summed E-state index contributed by atoms with van der Waals surface area (Å²) in [6.45, 7) is 15.5. The van der Waals surface area contributed by atoms with Gasteiger partial charge in [0.25, 0.3) is 0 Å². The molecule has 0 aliphatic carbocycles. The van der Waals surface area contributed by atoms with Gasteiger partial charge in [0.2, 0.25) is 0 Å². The maximum absolute atomic E-state index is 10.7. The van der Waals surface area contributed by atoms with Gasteiger partial charge < -0.3 is 9.64 Å². The monoisotopic (exact) mass is 258 g/mol. The van der Waals surface area contributed by atoms with Crippen LogP contribution in [0.4, 0.5) is 0 Å². The molecule has 0 amide bonds. The summed E-state index contributed by atoms with van der Waals surface area (Å²) in [5, 5.41) is 0. The van der Waals surface area contributed by atoms with Crippen molar-refractivity contribution >= 4 is 5.78 Å². The van der Waals surface area contributed by atoms with Crippen LogP contribution in [0.1, 0.15) is 34.1 Å². The summed E-state index contributed by atoms with van der Waals surface area (Å²) in [5.74, 6) is 0.104. The Kier molecular flexibility index (Phi) is 11.3. The predicted octanol–water partition coefficient (Wildman–Crippen LogP) is 1.65. The van der Waals surface area contributed by atoms with E-state index < -0.39 is 0 Å². The van der Waals surface area contributed by atoms with E-state index in [1.165, 1.54) is 26.1 Å². The minimum Gasteiger partial charge on any atom is -0.372 e. The fraction of sp³-hybridized carbons (Fsp3) is 0.929. The molecule has 0 atom stereocenters. The fourth-order valence-electron chi connectivity index (χ4n) is 1.96. The van der Waals surface area contributed by atoms with E-state index in [1.807, 2.05) is 13.8 Å². The molecule has 1 saturated heterocycles. The highest BCUT2D eigenvalue weighted by Crippen LogP contribution is 2.01. The molecule has 1 fully saturated rings. The van der Waals surface area contributed by atoms with E-state index in [-0.39, 0.29) is 12.4 Å². The minimum absolute atomic E-state index is 0.104. The highest BCUT2D eigenvalue weighted by Gasteiger charge is 2.15. The zero-order valence-electron chi connectivity index (χ0n) is 12.6. The van der Waals surface area contributed by atoms with Crippen molar-refractivity contribution in [3.8, 4) is 0 Å². The van der Waals surface area contributed by atoms with Crippen LogP contribution >= 0.6 is 0 Å². The van der Waals surface area contributed by atoms with Crippen LogP contribution in [0.2, 0.25) is 0 Å². The highest BCUT2D eigenvalue weighted by molar-refractivity contribution is 5.76. The quantitative estimate of drug-likeness (QED) is 0.650. The first kappa shape index (κ1) is 17.6. The largest absolute Gasteiger partial charge is 0.372 e. The van der Waals surface area contributed by atoms with E-state index in [0.717, 1.165) is 19.6 Å². The first-order valence-electron chi connectivity index (χ1n) is 7.24. The van der Waals surface area contributed by atoms with E-state index in [4.69, 9.17) is 4.74 Å². The lowest BCUT2D eigenvalue weighted by molar-refractivity contribution is -0.121. The number of piperazine rings is 1. The number of Topliss-reactive ketones (excluding diaryl/α,β-unsaturated/α-hetero) is 1. The van der Waals surface area contributed by atoms with Crippen LogP contribution < -0.4 is 0 Å². The minimum atomic E-state index is 0.104. The van der Waals surface area contributed by atoms with Crippen LogP contribution in [0, 0.1) is 0 Å². The average Bonchev–Trinajstić information content (AvgIpc) is 2.39. The van der Waals surface area contributed by atoms with Crippen LogP contribution in [0.5, 0.6) is 0 Å². The number of ether oxygens (including phenoxy) is 1. The number of nitrogens with zero attached hydrogens (tertiary/aromatic N) is 2. The van der Waals surface area contributed by atoms with Crippen LogP contribution in [-0.2, 0) is 9.53 Å². The molecule has 4 nitrogen and oxygen atoms in total. The van der Waals surface area contributed by atoms with Gasteiger partial charge in [-0.2, -0.15) is 0 Å². The van der Waals surface area contributed by atoms with Crippen molar-refractivity contribution < 1.29 is 9.53 Å². The van der Waals surface area contributed by atoms with Crippen LogP contribution in [0.15, 0.2) is 0 Å². The molecule has 0 N–H and O–H groups in total. The summed E-state index contributed by atoms with van der Waals surface area (Å²) >= 11 is 0. The Bertz CT molecular complexity index is 202. The van der Waals surface area contributed by atoms with E-state index in [2.05, 4.69) is 16.7 Å². The van der Waals surface area contributed by atoms with Crippen LogP contribution in [0.25, 0.3) is 0 Å². The Hall–Kier alpha value is -0.450. The summed E-state index contributed by atoms with van der Waals surface area (Å²) in [6, 6.07) is 0. The van der Waals surface area contributed by atoms with Gasteiger partial charge in [0.1, 0.15) is 6.61 Å². The number of carbonyl (C=O) groups is 1. The van der Waals surface area contributed by atoms with Gasteiger partial charge in [-0.15, -0.1) is 0 Å². The van der Waals surface area contributed by atoms with Gasteiger partial charge in [0.15, 0.2) is 5.78 Å². The zero-order valence-corrected chi connectivity index (χ0v) is 12.6. The van der Waals surface area contributed by atoms with Crippen molar-refractivity contribution in [1.82, 2.24) is 9.80 Å². The molecule has 0 unspecified atom stereocenters. The average molecular weight is 258 g/mol. The van der Waals surface area contributed by atoms with Gasteiger partial charge in [-0.3, -0.25) is 9.69 Å². The van der Waals surface area contributed by atoms with Crippen LogP contribution in [-0.4, -0.2) is 68.1 Å². The second-order valence-corrected chi connectivity index (χ2v) is 4.44. The number of hydrogen-bond acceptors (Lipinski definition) is 4. The standard InChI is InChI=1S/C12H24N2O2.C2H6/c1-3-4-13-5-7-14(8-6-13)9-10-16-11-12(2)15;1-2/h3-11H2,1-2H3;1-2H3. The molecule has 0 radical (unpaired) electrons. The molecular weight excluding hydrogens is 228 g/mol. The second kappa shape index (κ2) is 11.6. The molecule has 1 heterocycles. The van der Waals surface area contributed by atoms with Crippen molar-refractivity contribution in [3.63, 3.8) is 0 Å². The number of hydrogen-bond donors (Lipinski definition) is 0. The van der Waals surface area contributed by atoms with E-state index in [1.54, 1.807) is 6.92 Å². The predicted molar refractivity (Wildman–Crippen MR) is 76.0 cm³/mol. The Balaban J connectivity index is 0.00000137. The normalized spacial score (nSPS) is 17.1. The SMILES string of the molecule is CC.CCCN1CCN(CCOCC(C)=O)CC1. The smallest absolute Gasteiger partial charge is 0.155 e. The molecule has 1 rings (SSSR count). The molecule has 18 heavy (non-hydrogen) atoms. The first-order chi connectivity index (χ1) is 8.72. The van der Waals surface area contributed by atoms with Gasteiger partial charge in [-0.25, -0.2) is 0 Å². The molecule has 1 aliphatic heterocycles. The Morgan fingerprint density at radius 3 is 2.00 bits per heavy atom. The Labute approximate surface area is 112 Å². The van der Waals surface area contributed by atoms with Crippen molar-refractivity contribution in [2.45, 2.75) is 34.1 Å². The number of ketones is 1. The maximum Gasteiger partial charge on any atom is 0.155 e. The van der Waals surface area contributed by atoms with E-state index in [0.29, 0.717) is 6.61 Å². The van der Waals surface area contributed by atoms with Gasteiger partial charge >= 0.3 is 0 Å². The maximum atomic E-state index is 10.7.